The summed E-state index contributed by atoms with van der Waals surface area (Å²) in [6.07, 6.45) is 0.246. The molecule has 0 aliphatic heterocycles. The van der Waals surface area contributed by atoms with Gasteiger partial charge in [-0.25, -0.2) is 0 Å². The smallest absolute Gasteiger partial charge is 0.258 e. The van der Waals surface area contributed by atoms with Crippen LogP contribution in [0.1, 0.15) is 28.4 Å². The molecule has 0 heterocycles. The van der Waals surface area contributed by atoms with Gasteiger partial charge >= 0.3 is 0 Å². The van der Waals surface area contributed by atoms with Crippen molar-refractivity contribution in [2.75, 3.05) is 16.8 Å². The molecular weight excluding hydrogens is 406 g/mol. The molecule has 158 valence electrons. The Balaban J connectivity index is 1.64. The van der Waals surface area contributed by atoms with Gasteiger partial charge in [0.25, 0.3) is 5.91 Å². The highest BCUT2D eigenvalue weighted by molar-refractivity contribution is 7.80. The third-order valence-corrected chi connectivity index (χ3v) is 5.07. The lowest BCUT2D eigenvalue weighted by molar-refractivity contribution is -0.119. The number of hydrogen-bond acceptors (Lipinski definition) is 3. The van der Waals surface area contributed by atoms with E-state index in [0.717, 1.165) is 16.8 Å². The summed E-state index contributed by atoms with van der Waals surface area (Å²) in [5.41, 5.74) is 4.02. The van der Waals surface area contributed by atoms with Crippen LogP contribution in [0.2, 0.25) is 0 Å². The Hall–Kier alpha value is -3.51. The van der Waals surface area contributed by atoms with E-state index in [1.54, 1.807) is 29.2 Å². The molecule has 2 N–H and O–H groups in total. The fourth-order valence-electron chi connectivity index (χ4n) is 3.25. The van der Waals surface area contributed by atoms with Gasteiger partial charge in [-0.3, -0.25) is 9.59 Å². The number of benzene rings is 3. The molecule has 0 fully saturated rings. The summed E-state index contributed by atoms with van der Waals surface area (Å²) in [7, 11) is 0. The topological polar surface area (TPSA) is 61.4 Å². The SMILES string of the molecule is CCN(C(=O)c1cccc(NC(=S)NC(=O)Cc2ccccc2C)c1)c1ccccc1. The number of rotatable bonds is 6. The van der Waals surface area contributed by atoms with Crippen LogP contribution in [0, 0.1) is 6.92 Å². The Kier molecular flexibility index (Phi) is 7.51. The third-order valence-electron chi connectivity index (χ3n) is 4.86. The monoisotopic (exact) mass is 431 g/mol. The Morgan fingerprint density at radius 1 is 0.935 bits per heavy atom. The second-order valence-electron chi connectivity index (χ2n) is 7.07. The van der Waals surface area contributed by atoms with Crippen molar-refractivity contribution in [2.24, 2.45) is 0 Å². The molecule has 0 aliphatic carbocycles. The van der Waals surface area contributed by atoms with Crippen molar-refractivity contribution >= 4 is 40.5 Å². The Labute approximate surface area is 188 Å². The zero-order valence-electron chi connectivity index (χ0n) is 17.6. The van der Waals surface area contributed by atoms with Gasteiger partial charge < -0.3 is 15.5 Å². The number of nitrogens with one attached hydrogen (secondary N) is 2. The summed E-state index contributed by atoms with van der Waals surface area (Å²) in [6, 6.07) is 24.4. The van der Waals surface area contributed by atoms with Crippen LogP contribution in [0.5, 0.6) is 0 Å². The molecule has 3 aromatic carbocycles. The molecule has 3 rings (SSSR count). The highest BCUT2D eigenvalue weighted by atomic mass is 32.1. The molecule has 2 amide bonds. The van der Waals surface area contributed by atoms with E-state index in [2.05, 4.69) is 10.6 Å². The summed E-state index contributed by atoms with van der Waals surface area (Å²) in [4.78, 5) is 27.1. The molecule has 5 nitrogen and oxygen atoms in total. The molecule has 6 heteroatoms. The van der Waals surface area contributed by atoms with Gasteiger partial charge in [-0.05, 0) is 67.5 Å². The Bertz CT molecular complexity index is 1080. The number of carbonyl (C=O) groups excluding carboxylic acids is 2. The van der Waals surface area contributed by atoms with Crippen LogP contribution in [0.4, 0.5) is 11.4 Å². The molecule has 0 unspecified atom stereocenters. The molecule has 0 aromatic heterocycles. The van der Waals surface area contributed by atoms with E-state index in [4.69, 9.17) is 12.2 Å². The van der Waals surface area contributed by atoms with Gasteiger partial charge in [0.15, 0.2) is 5.11 Å². The number of aryl methyl sites for hydroxylation is 1. The van der Waals surface area contributed by atoms with Crippen molar-refractivity contribution in [3.05, 3.63) is 95.6 Å². The number of carbonyl (C=O) groups is 2. The molecule has 0 saturated heterocycles. The van der Waals surface area contributed by atoms with Gasteiger partial charge in [0.1, 0.15) is 0 Å². The first kappa shape index (κ1) is 22.2. The van der Waals surface area contributed by atoms with E-state index < -0.39 is 0 Å². The van der Waals surface area contributed by atoms with E-state index in [9.17, 15) is 9.59 Å². The molecule has 0 atom stereocenters. The van der Waals surface area contributed by atoms with Gasteiger partial charge in [-0.1, -0.05) is 48.5 Å². The molecule has 0 bridgehead atoms. The first-order valence-corrected chi connectivity index (χ1v) is 10.5. The first-order chi connectivity index (χ1) is 15.0. The zero-order chi connectivity index (χ0) is 22.2. The fourth-order valence-corrected chi connectivity index (χ4v) is 3.48. The van der Waals surface area contributed by atoms with Gasteiger partial charge in [-0.2, -0.15) is 0 Å². The van der Waals surface area contributed by atoms with E-state index in [1.807, 2.05) is 68.4 Å². The maximum absolute atomic E-state index is 13.0. The lowest BCUT2D eigenvalue weighted by Crippen LogP contribution is -2.35. The molecule has 31 heavy (non-hydrogen) atoms. The van der Waals surface area contributed by atoms with Crippen molar-refractivity contribution in [3.63, 3.8) is 0 Å². The molecule has 3 aromatic rings. The third kappa shape index (κ3) is 5.99. The maximum atomic E-state index is 13.0. The Morgan fingerprint density at radius 3 is 2.35 bits per heavy atom. The number of amides is 2. The first-order valence-electron chi connectivity index (χ1n) is 10.1. The quantitative estimate of drug-likeness (QED) is 0.555. The zero-order valence-corrected chi connectivity index (χ0v) is 18.4. The van der Waals surface area contributed by atoms with Gasteiger partial charge in [0, 0.05) is 23.5 Å². The maximum Gasteiger partial charge on any atom is 0.258 e. The molecule has 0 spiro atoms. The van der Waals surface area contributed by atoms with Gasteiger partial charge in [-0.15, -0.1) is 0 Å². The van der Waals surface area contributed by atoms with Crippen LogP contribution in [-0.4, -0.2) is 23.5 Å². The van der Waals surface area contributed by atoms with Crippen LogP contribution in [0.25, 0.3) is 0 Å². The van der Waals surface area contributed by atoms with Crippen molar-refractivity contribution in [3.8, 4) is 0 Å². The molecule has 0 aliphatic rings. The molecular formula is C25H25N3O2S. The van der Waals surface area contributed by atoms with Gasteiger partial charge in [0.2, 0.25) is 5.91 Å². The summed E-state index contributed by atoms with van der Waals surface area (Å²) in [5.74, 6) is -0.299. The van der Waals surface area contributed by atoms with Crippen LogP contribution in [0.3, 0.4) is 0 Å². The van der Waals surface area contributed by atoms with Crippen LogP contribution in [0.15, 0.2) is 78.9 Å². The highest BCUT2D eigenvalue weighted by Gasteiger charge is 2.16. The van der Waals surface area contributed by atoms with Crippen molar-refractivity contribution in [1.82, 2.24) is 5.32 Å². The highest BCUT2D eigenvalue weighted by Crippen LogP contribution is 2.19. The van der Waals surface area contributed by atoms with Crippen molar-refractivity contribution in [2.45, 2.75) is 20.3 Å². The Morgan fingerprint density at radius 2 is 1.65 bits per heavy atom. The van der Waals surface area contributed by atoms with Crippen LogP contribution < -0.4 is 15.5 Å². The summed E-state index contributed by atoms with van der Waals surface area (Å²) >= 11 is 5.28. The predicted molar refractivity (Wildman–Crippen MR) is 129 cm³/mol. The second-order valence-corrected chi connectivity index (χ2v) is 7.48. The summed E-state index contributed by atoms with van der Waals surface area (Å²) < 4.78 is 0. The van der Waals surface area contributed by atoms with Crippen LogP contribution in [-0.2, 0) is 11.2 Å². The average molecular weight is 432 g/mol. The van der Waals surface area contributed by atoms with E-state index >= 15 is 0 Å². The second kappa shape index (κ2) is 10.5. The minimum Gasteiger partial charge on any atom is -0.332 e. The number of hydrogen-bond donors (Lipinski definition) is 2. The number of nitrogens with zero attached hydrogens (tertiary/aromatic N) is 1. The summed E-state index contributed by atoms with van der Waals surface area (Å²) in [5, 5.41) is 5.89. The standard InChI is InChI=1S/C25H25N3O2S/c1-3-28(22-14-5-4-6-15-22)24(30)20-12-9-13-21(16-20)26-25(31)27-23(29)17-19-11-8-7-10-18(19)2/h4-16H,3,17H2,1-2H3,(H2,26,27,29,31). The largest absolute Gasteiger partial charge is 0.332 e. The lowest BCUT2D eigenvalue weighted by Gasteiger charge is -2.21. The number of para-hydroxylation sites is 1. The normalized spacial score (nSPS) is 10.3. The van der Waals surface area contributed by atoms with E-state index in [1.165, 1.54) is 0 Å². The number of thiocarbonyl (C=S) groups is 1. The van der Waals surface area contributed by atoms with Crippen molar-refractivity contribution < 1.29 is 9.59 Å². The lowest BCUT2D eigenvalue weighted by atomic mass is 10.1. The molecule has 0 radical (unpaired) electrons. The predicted octanol–water partition coefficient (Wildman–Crippen LogP) is 4.72. The average Bonchev–Trinajstić information content (AvgIpc) is 2.76. The fraction of sp³-hybridized carbons (Fsp3) is 0.160. The number of anilines is 2. The van der Waals surface area contributed by atoms with Crippen molar-refractivity contribution in [1.29, 1.82) is 0 Å². The van der Waals surface area contributed by atoms with E-state index in [-0.39, 0.29) is 23.3 Å². The van der Waals surface area contributed by atoms with Gasteiger partial charge in [0.05, 0.1) is 6.42 Å². The van der Waals surface area contributed by atoms with E-state index in [0.29, 0.717) is 17.8 Å². The summed E-state index contributed by atoms with van der Waals surface area (Å²) in [6.45, 7) is 4.46. The molecule has 0 saturated carbocycles. The minimum absolute atomic E-state index is 0.105. The van der Waals surface area contributed by atoms with Crippen LogP contribution >= 0.6 is 12.2 Å². The minimum atomic E-state index is -0.194.